The molecule has 1 unspecified atom stereocenters. The maximum absolute atomic E-state index is 12.1. The van der Waals surface area contributed by atoms with Crippen LogP contribution in [0.2, 0.25) is 0 Å². The number of nitrogens with two attached hydrogens (primary N) is 1. The van der Waals surface area contributed by atoms with Crippen molar-refractivity contribution in [3.63, 3.8) is 0 Å². The molecule has 0 aliphatic carbocycles. The molecule has 1 aromatic heterocycles. The van der Waals surface area contributed by atoms with Crippen molar-refractivity contribution < 1.29 is 9.53 Å². The van der Waals surface area contributed by atoms with E-state index in [1.165, 1.54) is 0 Å². The quantitative estimate of drug-likeness (QED) is 0.832. The van der Waals surface area contributed by atoms with Gasteiger partial charge in [0.15, 0.2) is 0 Å². The van der Waals surface area contributed by atoms with Gasteiger partial charge in [0.1, 0.15) is 5.82 Å². The summed E-state index contributed by atoms with van der Waals surface area (Å²) in [5, 5.41) is 2.92. The Bertz CT molecular complexity index is 456. The second-order valence-corrected chi connectivity index (χ2v) is 5.20. The molecule has 0 saturated carbocycles. The minimum Gasteiger partial charge on any atom is -0.384 e. The van der Waals surface area contributed by atoms with Crippen LogP contribution in [0.25, 0.3) is 0 Å². The summed E-state index contributed by atoms with van der Waals surface area (Å²) in [6.07, 6.45) is 5.21. The lowest BCUT2D eigenvalue weighted by Crippen LogP contribution is -2.27. The number of nitrogens with zero attached hydrogens (tertiary/aromatic N) is 1. The third-order valence-electron chi connectivity index (χ3n) is 3.44. The zero-order chi connectivity index (χ0) is 14.4. The van der Waals surface area contributed by atoms with Crippen molar-refractivity contribution >= 4 is 11.7 Å². The fraction of sp³-hybridized carbons (Fsp3) is 0.600. The van der Waals surface area contributed by atoms with Gasteiger partial charge in [0.25, 0.3) is 5.91 Å². The van der Waals surface area contributed by atoms with Crippen molar-refractivity contribution in [3.05, 3.63) is 23.4 Å². The highest BCUT2D eigenvalue weighted by molar-refractivity contribution is 5.94. The van der Waals surface area contributed by atoms with E-state index in [4.69, 9.17) is 10.5 Å². The van der Waals surface area contributed by atoms with E-state index in [0.29, 0.717) is 24.0 Å². The van der Waals surface area contributed by atoms with Crippen LogP contribution in [0.4, 0.5) is 5.82 Å². The van der Waals surface area contributed by atoms with Crippen LogP contribution in [0, 0.1) is 0 Å². The van der Waals surface area contributed by atoms with Gasteiger partial charge in [-0.2, -0.15) is 0 Å². The number of pyridine rings is 1. The molecule has 1 aromatic rings. The average Bonchev–Trinajstić information content (AvgIpc) is 2.91. The Balaban J connectivity index is 1.87. The van der Waals surface area contributed by atoms with Gasteiger partial charge in [-0.3, -0.25) is 4.79 Å². The zero-order valence-corrected chi connectivity index (χ0v) is 12.0. The van der Waals surface area contributed by atoms with Crippen LogP contribution in [-0.2, 0) is 11.2 Å². The minimum absolute atomic E-state index is 0.0885. The third-order valence-corrected chi connectivity index (χ3v) is 3.44. The van der Waals surface area contributed by atoms with Crippen molar-refractivity contribution in [2.45, 2.75) is 45.1 Å². The number of anilines is 1. The number of rotatable bonds is 6. The van der Waals surface area contributed by atoms with Gasteiger partial charge in [-0.15, -0.1) is 0 Å². The first-order valence-corrected chi connectivity index (χ1v) is 7.35. The molecule has 0 aromatic carbocycles. The molecule has 0 radical (unpaired) electrons. The molecule has 0 bridgehead atoms. The first kappa shape index (κ1) is 14.8. The summed E-state index contributed by atoms with van der Waals surface area (Å²) in [4.78, 5) is 16.3. The van der Waals surface area contributed by atoms with Crippen molar-refractivity contribution in [2.75, 3.05) is 18.9 Å². The van der Waals surface area contributed by atoms with Crippen molar-refractivity contribution in [3.8, 4) is 0 Å². The highest BCUT2D eigenvalue weighted by Crippen LogP contribution is 2.14. The molecule has 0 spiro atoms. The van der Waals surface area contributed by atoms with Crippen LogP contribution in [0.1, 0.15) is 48.7 Å². The van der Waals surface area contributed by atoms with E-state index in [9.17, 15) is 4.79 Å². The molecule has 1 aliphatic rings. The topological polar surface area (TPSA) is 77.2 Å². The summed E-state index contributed by atoms with van der Waals surface area (Å²) in [7, 11) is 0. The molecule has 1 aliphatic heterocycles. The van der Waals surface area contributed by atoms with Gasteiger partial charge in [0.05, 0.1) is 6.10 Å². The molecular formula is C15H23N3O2. The lowest BCUT2D eigenvalue weighted by Gasteiger charge is -2.11. The molecule has 5 nitrogen and oxygen atoms in total. The fourth-order valence-electron chi connectivity index (χ4n) is 2.45. The Morgan fingerprint density at radius 2 is 2.40 bits per heavy atom. The smallest absolute Gasteiger partial charge is 0.251 e. The molecular weight excluding hydrogens is 254 g/mol. The molecule has 1 amide bonds. The molecule has 1 fully saturated rings. The average molecular weight is 277 g/mol. The first-order chi connectivity index (χ1) is 9.69. The summed E-state index contributed by atoms with van der Waals surface area (Å²) in [6, 6.07) is 3.45. The summed E-state index contributed by atoms with van der Waals surface area (Å²) in [5.74, 6) is 0.315. The van der Waals surface area contributed by atoms with Gasteiger partial charge in [-0.05, 0) is 37.8 Å². The van der Waals surface area contributed by atoms with Gasteiger partial charge in [-0.1, -0.05) is 13.3 Å². The standard InChI is InChI=1S/C15H23N3O2/c1-2-4-12-9-11(10-14(16)18-12)15(19)17-7-6-13-5-3-8-20-13/h9-10,13H,2-8H2,1H3,(H2,16,18)(H,17,19). The van der Waals surface area contributed by atoms with E-state index >= 15 is 0 Å². The Morgan fingerprint density at radius 1 is 1.55 bits per heavy atom. The third kappa shape index (κ3) is 4.20. The maximum Gasteiger partial charge on any atom is 0.251 e. The molecule has 110 valence electrons. The minimum atomic E-state index is -0.0885. The number of hydrogen-bond donors (Lipinski definition) is 2. The van der Waals surface area contributed by atoms with Crippen LogP contribution in [0.15, 0.2) is 12.1 Å². The second-order valence-electron chi connectivity index (χ2n) is 5.20. The van der Waals surface area contributed by atoms with Gasteiger partial charge >= 0.3 is 0 Å². The monoisotopic (exact) mass is 277 g/mol. The number of hydrogen-bond acceptors (Lipinski definition) is 4. The molecule has 2 heterocycles. The summed E-state index contributed by atoms with van der Waals surface area (Å²) in [6.45, 7) is 3.56. The van der Waals surface area contributed by atoms with Crippen LogP contribution in [0.5, 0.6) is 0 Å². The summed E-state index contributed by atoms with van der Waals surface area (Å²) < 4.78 is 5.53. The highest BCUT2D eigenvalue weighted by atomic mass is 16.5. The first-order valence-electron chi connectivity index (χ1n) is 7.35. The van der Waals surface area contributed by atoms with E-state index in [0.717, 1.165) is 44.4 Å². The number of aromatic nitrogens is 1. The second kappa shape index (κ2) is 7.24. The lowest BCUT2D eigenvalue weighted by atomic mass is 10.1. The van der Waals surface area contributed by atoms with Crippen LogP contribution < -0.4 is 11.1 Å². The van der Waals surface area contributed by atoms with E-state index in [2.05, 4.69) is 17.2 Å². The SMILES string of the molecule is CCCc1cc(C(=O)NCCC2CCCO2)cc(N)n1. The molecule has 1 atom stereocenters. The highest BCUT2D eigenvalue weighted by Gasteiger charge is 2.15. The van der Waals surface area contributed by atoms with Gasteiger partial charge in [0.2, 0.25) is 0 Å². The molecule has 1 saturated heterocycles. The Kier molecular flexibility index (Phi) is 5.35. The molecule has 20 heavy (non-hydrogen) atoms. The predicted octanol–water partition coefficient (Wildman–Crippen LogP) is 1.92. The number of amides is 1. The normalized spacial score (nSPS) is 18.1. The Morgan fingerprint density at radius 3 is 3.10 bits per heavy atom. The number of carbonyl (C=O) groups is 1. The number of nitrogens with one attached hydrogen (secondary N) is 1. The van der Waals surface area contributed by atoms with E-state index in [1.807, 2.05) is 6.07 Å². The van der Waals surface area contributed by atoms with Gasteiger partial charge in [0, 0.05) is 24.4 Å². The van der Waals surface area contributed by atoms with Crippen molar-refractivity contribution in [1.82, 2.24) is 10.3 Å². The predicted molar refractivity (Wildman–Crippen MR) is 78.6 cm³/mol. The van der Waals surface area contributed by atoms with Crippen LogP contribution in [-0.4, -0.2) is 30.1 Å². The van der Waals surface area contributed by atoms with Crippen LogP contribution >= 0.6 is 0 Å². The van der Waals surface area contributed by atoms with Crippen molar-refractivity contribution in [2.24, 2.45) is 0 Å². The number of ether oxygens (including phenoxy) is 1. The van der Waals surface area contributed by atoms with Crippen LogP contribution in [0.3, 0.4) is 0 Å². The largest absolute Gasteiger partial charge is 0.384 e. The number of aryl methyl sites for hydroxylation is 1. The van der Waals surface area contributed by atoms with E-state index in [1.54, 1.807) is 6.07 Å². The Labute approximate surface area is 119 Å². The summed E-state index contributed by atoms with van der Waals surface area (Å²) in [5.41, 5.74) is 7.21. The fourth-order valence-corrected chi connectivity index (χ4v) is 2.45. The van der Waals surface area contributed by atoms with Gasteiger partial charge < -0.3 is 15.8 Å². The van der Waals surface area contributed by atoms with Gasteiger partial charge in [-0.25, -0.2) is 4.98 Å². The Hall–Kier alpha value is -1.62. The number of carbonyl (C=O) groups excluding carboxylic acids is 1. The van der Waals surface area contributed by atoms with E-state index in [-0.39, 0.29) is 5.91 Å². The summed E-state index contributed by atoms with van der Waals surface area (Å²) >= 11 is 0. The zero-order valence-electron chi connectivity index (χ0n) is 12.0. The molecule has 2 rings (SSSR count). The number of nitrogen functional groups attached to an aromatic ring is 1. The van der Waals surface area contributed by atoms with E-state index < -0.39 is 0 Å². The van der Waals surface area contributed by atoms with Crippen molar-refractivity contribution in [1.29, 1.82) is 0 Å². The molecule has 5 heteroatoms. The maximum atomic E-state index is 12.1. The molecule has 3 N–H and O–H groups in total. The lowest BCUT2D eigenvalue weighted by molar-refractivity contribution is 0.0907.